The third-order valence-corrected chi connectivity index (χ3v) is 2.03. The molecule has 84 valence electrons. The number of methoxy groups -OCH3 is 1. The molecule has 0 unspecified atom stereocenters. The molecular weight excluding hydrogens is 217 g/mol. The molecule has 0 fully saturated rings. The summed E-state index contributed by atoms with van der Waals surface area (Å²) in [5.74, 6) is -0.161. The maximum atomic E-state index is 13.6. The molecule has 0 aromatic heterocycles. The van der Waals surface area contributed by atoms with Gasteiger partial charge < -0.3 is 10.5 Å². The molecule has 4 heteroatoms. The van der Waals surface area contributed by atoms with Gasteiger partial charge in [-0.3, -0.25) is 0 Å². The fourth-order valence-electron chi connectivity index (χ4n) is 1.28. The van der Waals surface area contributed by atoms with E-state index < -0.39 is 0 Å². The third kappa shape index (κ3) is 3.22. The molecule has 0 aliphatic heterocycles. The van der Waals surface area contributed by atoms with Crippen LogP contribution in [0, 0.1) is 5.82 Å². The molecule has 2 N–H and O–H groups in total. The number of rotatable bonds is 4. The Labute approximate surface area is 95.3 Å². The first-order valence-electron chi connectivity index (χ1n) is 4.39. The number of nitrogens with two attached hydrogens (primary N) is 1. The molecule has 1 rings (SSSR count). The molecule has 1 aromatic rings. The van der Waals surface area contributed by atoms with Crippen molar-refractivity contribution in [1.29, 1.82) is 0 Å². The van der Waals surface area contributed by atoms with Gasteiger partial charge in [-0.1, -0.05) is 18.2 Å². The lowest BCUT2D eigenvalue weighted by molar-refractivity contribution is 0.382. The SMILES string of the molecule is C=CC[C@@H](N)c1cccc(OC)c1F.Cl. The van der Waals surface area contributed by atoms with Gasteiger partial charge in [0.25, 0.3) is 0 Å². The van der Waals surface area contributed by atoms with Gasteiger partial charge in [0, 0.05) is 11.6 Å². The molecule has 0 heterocycles. The lowest BCUT2D eigenvalue weighted by Gasteiger charge is -2.12. The second kappa shape index (κ2) is 6.43. The number of halogens is 2. The normalized spacial score (nSPS) is 11.4. The van der Waals surface area contributed by atoms with E-state index in [1.54, 1.807) is 24.3 Å². The van der Waals surface area contributed by atoms with E-state index in [2.05, 4.69) is 6.58 Å². The monoisotopic (exact) mass is 231 g/mol. The fourth-order valence-corrected chi connectivity index (χ4v) is 1.28. The predicted octanol–water partition coefficient (Wildman–Crippen LogP) is 2.83. The van der Waals surface area contributed by atoms with E-state index in [1.165, 1.54) is 7.11 Å². The highest BCUT2D eigenvalue weighted by Gasteiger charge is 2.13. The highest BCUT2D eigenvalue weighted by molar-refractivity contribution is 5.85. The van der Waals surface area contributed by atoms with Gasteiger partial charge in [0.05, 0.1) is 7.11 Å². The molecule has 0 aliphatic rings. The summed E-state index contributed by atoms with van der Waals surface area (Å²) in [6.45, 7) is 3.56. The summed E-state index contributed by atoms with van der Waals surface area (Å²) in [5.41, 5.74) is 6.23. The summed E-state index contributed by atoms with van der Waals surface area (Å²) < 4.78 is 18.5. The summed E-state index contributed by atoms with van der Waals surface area (Å²) in [7, 11) is 1.43. The molecule has 1 aromatic carbocycles. The van der Waals surface area contributed by atoms with E-state index >= 15 is 0 Å². The van der Waals surface area contributed by atoms with Gasteiger partial charge in [0.2, 0.25) is 0 Å². The van der Waals surface area contributed by atoms with Crippen LogP contribution in [-0.4, -0.2) is 7.11 Å². The van der Waals surface area contributed by atoms with Gasteiger partial charge in [-0.2, -0.15) is 0 Å². The number of ether oxygens (including phenoxy) is 1. The maximum Gasteiger partial charge on any atom is 0.169 e. The Hall–Kier alpha value is -1.06. The van der Waals surface area contributed by atoms with Crippen LogP contribution in [0.4, 0.5) is 4.39 Å². The van der Waals surface area contributed by atoms with Crippen molar-refractivity contribution in [3.8, 4) is 5.75 Å². The highest BCUT2D eigenvalue weighted by atomic mass is 35.5. The van der Waals surface area contributed by atoms with Crippen molar-refractivity contribution in [1.82, 2.24) is 0 Å². The molecular formula is C11H15ClFNO. The van der Waals surface area contributed by atoms with Crippen LogP contribution >= 0.6 is 12.4 Å². The smallest absolute Gasteiger partial charge is 0.169 e. The van der Waals surface area contributed by atoms with Crippen molar-refractivity contribution < 1.29 is 9.13 Å². The largest absolute Gasteiger partial charge is 0.494 e. The van der Waals surface area contributed by atoms with Crippen LogP contribution in [0.1, 0.15) is 18.0 Å². The van der Waals surface area contributed by atoms with E-state index in [4.69, 9.17) is 10.5 Å². The van der Waals surface area contributed by atoms with Crippen LogP contribution < -0.4 is 10.5 Å². The lowest BCUT2D eigenvalue weighted by Crippen LogP contribution is -2.11. The molecule has 0 radical (unpaired) electrons. The Bertz CT molecular complexity index is 330. The van der Waals surface area contributed by atoms with E-state index in [0.717, 1.165) is 0 Å². The van der Waals surface area contributed by atoms with Crippen LogP contribution in [-0.2, 0) is 0 Å². The molecule has 0 bridgehead atoms. The van der Waals surface area contributed by atoms with E-state index in [-0.39, 0.29) is 30.0 Å². The van der Waals surface area contributed by atoms with Gasteiger partial charge in [-0.05, 0) is 12.5 Å². The topological polar surface area (TPSA) is 35.2 Å². The molecule has 2 nitrogen and oxygen atoms in total. The van der Waals surface area contributed by atoms with Crippen molar-refractivity contribution in [3.63, 3.8) is 0 Å². The average molecular weight is 232 g/mol. The second-order valence-corrected chi connectivity index (χ2v) is 2.99. The molecule has 0 saturated carbocycles. The first kappa shape index (κ1) is 13.9. The van der Waals surface area contributed by atoms with Gasteiger partial charge in [-0.15, -0.1) is 19.0 Å². The second-order valence-electron chi connectivity index (χ2n) is 2.99. The zero-order valence-electron chi connectivity index (χ0n) is 8.57. The molecule has 1 atom stereocenters. The van der Waals surface area contributed by atoms with E-state index in [1.807, 2.05) is 0 Å². The van der Waals surface area contributed by atoms with Crippen molar-refractivity contribution in [2.75, 3.05) is 7.11 Å². The summed E-state index contributed by atoms with van der Waals surface area (Å²) in [4.78, 5) is 0. The highest BCUT2D eigenvalue weighted by Crippen LogP contribution is 2.25. The predicted molar refractivity (Wildman–Crippen MR) is 61.9 cm³/mol. The minimum absolute atomic E-state index is 0. The van der Waals surface area contributed by atoms with Crippen molar-refractivity contribution in [2.45, 2.75) is 12.5 Å². The summed E-state index contributed by atoms with van der Waals surface area (Å²) in [5, 5.41) is 0. The van der Waals surface area contributed by atoms with Gasteiger partial charge in [-0.25, -0.2) is 4.39 Å². The molecule has 0 spiro atoms. The maximum absolute atomic E-state index is 13.6. The van der Waals surface area contributed by atoms with E-state index in [0.29, 0.717) is 12.0 Å². The quantitative estimate of drug-likeness (QED) is 0.809. The first-order valence-corrected chi connectivity index (χ1v) is 4.39. The van der Waals surface area contributed by atoms with Crippen LogP contribution in [0.5, 0.6) is 5.75 Å². The van der Waals surface area contributed by atoms with Crippen LogP contribution in [0.3, 0.4) is 0 Å². The first-order chi connectivity index (χ1) is 6.70. The van der Waals surface area contributed by atoms with Crippen LogP contribution in [0.15, 0.2) is 30.9 Å². The summed E-state index contributed by atoms with van der Waals surface area (Å²) >= 11 is 0. The molecule has 0 saturated heterocycles. The fraction of sp³-hybridized carbons (Fsp3) is 0.273. The van der Waals surface area contributed by atoms with Gasteiger partial charge >= 0.3 is 0 Å². The van der Waals surface area contributed by atoms with Crippen molar-refractivity contribution >= 4 is 12.4 Å². The van der Waals surface area contributed by atoms with E-state index in [9.17, 15) is 4.39 Å². The Morgan fingerprint density at radius 2 is 2.27 bits per heavy atom. The number of hydrogen-bond donors (Lipinski definition) is 1. The molecule has 15 heavy (non-hydrogen) atoms. The summed E-state index contributed by atoms with van der Waals surface area (Å²) in [6, 6.07) is 4.59. The Morgan fingerprint density at radius 1 is 1.60 bits per heavy atom. The van der Waals surface area contributed by atoms with Crippen molar-refractivity contribution in [3.05, 3.63) is 42.2 Å². The standard InChI is InChI=1S/C11H14FNO.ClH/c1-3-5-9(13)8-6-4-7-10(14-2)11(8)12;/h3-4,6-7,9H,1,5,13H2,2H3;1H/t9-;/m1./s1. The number of benzene rings is 1. The zero-order chi connectivity index (χ0) is 10.6. The summed E-state index contributed by atoms with van der Waals surface area (Å²) in [6.07, 6.45) is 2.22. The van der Waals surface area contributed by atoms with Crippen LogP contribution in [0.2, 0.25) is 0 Å². The zero-order valence-corrected chi connectivity index (χ0v) is 9.39. The molecule has 0 amide bonds. The minimum atomic E-state index is -0.385. The van der Waals surface area contributed by atoms with Gasteiger partial charge in [0.15, 0.2) is 11.6 Å². The minimum Gasteiger partial charge on any atom is -0.494 e. The van der Waals surface area contributed by atoms with Crippen LogP contribution in [0.25, 0.3) is 0 Å². The Kier molecular flexibility index (Phi) is 5.97. The Balaban J connectivity index is 0.00000196. The average Bonchev–Trinajstić information content (AvgIpc) is 2.18. The van der Waals surface area contributed by atoms with Gasteiger partial charge in [0.1, 0.15) is 0 Å². The lowest BCUT2D eigenvalue weighted by atomic mass is 10.0. The third-order valence-electron chi connectivity index (χ3n) is 2.03. The Morgan fingerprint density at radius 3 is 2.80 bits per heavy atom. The molecule has 0 aliphatic carbocycles. The number of hydrogen-bond acceptors (Lipinski definition) is 2. The van der Waals surface area contributed by atoms with Crippen molar-refractivity contribution in [2.24, 2.45) is 5.73 Å².